The van der Waals surface area contributed by atoms with Crippen molar-refractivity contribution >= 4 is 11.8 Å². The zero-order valence-electron chi connectivity index (χ0n) is 11.7. The molecule has 1 aromatic carbocycles. The van der Waals surface area contributed by atoms with Crippen molar-refractivity contribution in [1.82, 2.24) is 0 Å². The minimum atomic E-state index is -0.699. The van der Waals surface area contributed by atoms with Crippen LogP contribution in [0.3, 0.4) is 0 Å². The molecule has 0 unspecified atom stereocenters. The fraction of sp³-hybridized carbons (Fsp3) is 0.294. The van der Waals surface area contributed by atoms with Gasteiger partial charge in [0.25, 0.3) is 0 Å². The Morgan fingerprint density at radius 3 is 2.60 bits per heavy atom. The Morgan fingerprint density at radius 1 is 1.15 bits per heavy atom. The fourth-order valence-electron chi connectivity index (χ4n) is 1.42. The molecule has 0 N–H and O–H groups in total. The first kappa shape index (κ1) is 15.5. The molecule has 102 valence electrons. The molecule has 0 saturated carbocycles. The van der Waals surface area contributed by atoms with Crippen molar-refractivity contribution in [2.45, 2.75) is 26.7 Å². The molecular weight excluding hydrogens is 252 g/mol. The molecular formula is C17H16O3. The number of hydrogen-bond acceptors (Lipinski definition) is 3. The van der Waals surface area contributed by atoms with Gasteiger partial charge in [-0.3, -0.25) is 4.79 Å². The summed E-state index contributed by atoms with van der Waals surface area (Å²) in [6, 6.07) is 6.97. The largest absolute Gasteiger partial charge is 0.456 e. The van der Waals surface area contributed by atoms with Crippen LogP contribution in [0.5, 0.6) is 0 Å². The Kier molecular flexibility index (Phi) is 6.65. The summed E-state index contributed by atoms with van der Waals surface area (Å²) in [5.41, 5.74) is 1.04. The molecule has 20 heavy (non-hydrogen) atoms. The van der Waals surface area contributed by atoms with Gasteiger partial charge in [0.2, 0.25) is 5.78 Å². The zero-order valence-corrected chi connectivity index (χ0v) is 11.7. The van der Waals surface area contributed by atoms with Crippen LogP contribution in [0.2, 0.25) is 0 Å². The van der Waals surface area contributed by atoms with Crippen molar-refractivity contribution in [3.05, 3.63) is 35.4 Å². The van der Waals surface area contributed by atoms with Crippen molar-refractivity contribution < 1.29 is 14.3 Å². The Morgan fingerprint density at radius 2 is 1.90 bits per heavy atom. The monoisotopic (exact) mass is 268 g/mol. The van der Waals surface area contributed by atoms with Crippen LogP contribution in [0.25, 0.3) is 0 Å². The maximum absolute atomic E-state index is 12.0. The van der Waals surface area contributed by atoms with Crippen molar-refractivity contribution in [2.75, 3.05) is 6.61 Å². The van der Waals surface area contributed by atoms with Gasteiger partial charge in [-0.15, -0.1) is 0 Å². The Hall–Kier alpha value is -2.52. The number of ether oxygens (including phenoxy) is 1. The summed E-state index contributed by atoms with van der Waals surface area (Å²) < 4.78 is 4.65. The SMILES string of the molecule is CCCC#Cc1ccccc1C(=O)C#CC(=O)OCC. The standard InChI is InChI=1S/C17H16O3/c1-3-5-6-9-14-10-7-8-11-15(14)16(18)12-13-17(19)20-4-2/h7-8,10-11H,3-5H2,1-2H3. The van der Waals surface area contributed by atoms with E-state index < -0.39 is 11.8 Å². The van der Waals surface area contributed by atoms with Crippen molar-refractivity contribution in [3.8, 4) is 23.7 Å². The first-order valence-electron chi connectivity index (χ1n) is 6.50. The second-order valence-electron chi connectivity index (χ2n) is 3.90. The van der Waals surface area contributed by atoms with E-state index >= 15 is 0 Å². The zero-order chi connectivity index (χ0) is 14.8. The Balaban J connectivity index is 2.94. The molecule has 1 aromatic rings. The van der Waals surface area contributed by atoms with Gasteiger partial charge < -0.3 is 4.74 Å². The lowest BCUT2D eigenvalue weighted by atomic mass is 10.0. The third kappa shape index (κ3) is 5.00. The topological polar surface area (TPSA) is 43.4 Å². The lowest BCUT2D eigenvalue weighted by Gasteiger charge is -1.98. The van der Waals surface area contributed by atoms with Gasteiger partial charge in [0.15, 0.2) is 0 Å². The van der Waals surface area contributed by atoms with Crippen molar-refractivity contribution in [1.29, 1.82) is 0 Å². The molecule has 0 fully saturated rings. The summed E-state index contributed by atoms with van der Waals surface area (Å²) in [7, 11) is 0. The summed E-state index contributed by atoms with van der Waals surface area (Å²) in [5.74, 6) is 9.26. The molecule has 0 aliphatic heterocycles. The minimum absolute atomic E-state index is 0.237. The van der Waals surface area contributed by atoms with Crippen LogP contribution in [-0.2, 0) is 9.53 Å². The summed E-state index contributed by atoms with van der Waals surface area (Å²) in [6.45, 7) is 3.96. The molecule has 0 amide bonds. The molecule has 3 heteroatoms. The number of benzene rings is 1. The highest BCUT2D eigenvalue weighted by atomic mass is 16.5. The number of hydrogen-bond donors (Lipinski definition) is 0. The van der Waals surface area contributed by atoms with Gasteiger partial charge in [0, 0.05) is 23.5 Å². The molecule has 0 heterocycles. The summed E-state index contributed by atoms with van der Waals surface area (Å²) in [6.07, 6.45) is 1.74. The Labute approximate surface area is 119 Å². The lowest BCUT2D eigenvalue weighted by molar-refractivity contribution is -0.136. The molecule has 0 atom stereocenters. The van der Waals surface area contributed by atoms with Gasteiger partial charge in [-0.1, -0.05) is 30.9 Å². The van der Waals surface area contributed by atoms with E-state index in [-0.39, 0.29) is 6.61 Å². The van der Waals surface area contributed by atoms with E-state index in [1.807, 2.05) is 13.0 Å². The lowest BCUT2D eigenvalue weighted by Crippen LogP contribution is -2.03. The van der Waals surface area contributed by atoms with E-state index in [4.69, 9.17) is 0 Å². The van der Waals surface area contributed by atoms with Crippen LogP contribution in [0.4, 0.5) is 0 Å². The number of rotatable bonds is 3. The second kappa shape index (κ2) is 8.56. The van der Waals surface area contributed by atoms with E-state index in [1.165, 1.54) is 0 Å². The summed E-state index contributed by atoms with van der Waals surface area (Å²) in [4.78, 5) is 23.1. The number of ketones is 1. The maximum atomic E-state index is 12.0. The minimum Gasteiger partial charge on any atom is -0.456 e. The highest BCUT2D eigenvalue weighted by Crippen LogP contribution is 2.08. The number of unbranched alkanes of at least 4 members (excludes halogenated alkanes) is 1. The normalized spacial score (nSPS) is 8.70. The second-order valence-corrected chi connectivity index (χ2v) is 3.90. The smallest absolute Gasteiger partial charge is 0.384 e. The van der Waals surface area contributed by atoms with Gasteiger partial charge in [-0.2, -0.15) is 0 Å². The highest BCUT2D eigenvalue weighted by molar-refractivity contribution is 6.13. The highest BCUT2D eigenvalue weighted by Gasteiger charge is 2.07. The first-order valence-corrected chi connectivity index (χ1v) is 6.50. The predicted molar refractivity (Wildman–Crippen MR) is 77.0 cm³/mol. The molecule has 0 spiro atoms. The molecule has 1 rings (SSSR count). The van der Waals surface area contributed by atoms with Crippen LogP contribution < -0.4 is 0 Å². The van der Waals surface area contributed by atoms with E-state index in [0.717, 1.165) is 12.8 Å². The number of Topliss-reactive ketones (excluding diaryl/α,β-unsaturated/α-hetero) is 1. The van der Waals surface area contributed by atoms with Gasteiger partial charge >= 0.3 is 5.97 Å². The van der Waals surface area contributed by atoms with E-state index in [1.54, 1.807) is 25.1 Å². The third-order valence-corrected chi connectivity index (χ3v) is 2.32. The van der Waals surface area contributed by atoms with Gasteiger partial charge in [0.05, 0.1) is 6.61 Å². The molecule has 0 aromatic heterocycles. The number of esters is 1. The first-order chi connectivity index (χ1) is 9.69. The predicted octanol–water partition coefficient (Wildman–Crippen LogP) is 2.59. The average Bonchev–Trinajstić information content (AvgIpc) is 2.46. The molecule has 0 saturated heterocycles. The summed E-state index contributed by atoms with van der Waals surface area (Å²) in [5, 5.41) is 0. The quantitative estimate of drug-likeness (QED) is 0.278. The van der Waals surface area contributed by atoms with Crippen LogP contribution in [0, 0.1) is 23.7 Å². The molecule has 0 bridgehead atoms. The average molecular weight is 268 g/mol. The van der Waals surface area contributed by atoms with Crippen LogP contribution in [0.1, 0.15) is 42.6 Å². The Bertz CT molecular complexity index is 606. The molecule has 0 aliphatic carbocycles. The molecule has 0 aliphatic rings. The van der Waals surface area contributed by atoms with E-state index in [0.29, 0.717) is 11.1 Å². The van der Waals surface area contributed by atoms with Crippen molar-refractivity contribution in [2.24, 2.45) is 0 Å². The van der Waals surface area contributed by atoms with E-state index in [2.05, 4.69) is 28.4 Å². The van der Waals surface area contributed by atoms with E-state index in [9.17, 15) is 9.59 Å². The fourth-order valence-corrected chi connectivity index (χ4v) is 1.42. The summed E-state index contributed by atoms with van der Waals surface area (Å²) >= 11 is 0. The van der Waals surface area contributed by atoms with Crippen LogP contribution in [0.15, 0.2) is 24.3 Å². The van der Waals surface area contributed by atoms with Gasteiger partial charge in [-0.05, 0) is 31.4 Å². The van der Waals surface area contributed by atoms with Crippen LogP contribution in [-0.4, -0.2) is 18.4 Å². The number of carbonyl (C=O) groups is 2. The van der Waals surface area contributed by atoms with Gasteiger partial charge in [-0.25, -0.2) is 4.79 Å². The van der Waals surface area contributed by atoms with Crippen molar-refractivity contribution in [3.63, 3.8) is 0 Å². The third-order valence-electron chi connectivity index (χ3n) is 2.32. The van der Waals surface area contributed by atoms with Crippen LogP contribution >= 0.6 is 0 Å². The maximum Gasteiger partial charge on any atom is 0.384 e. The number of carbonyl (C=O) groups excluding carboxylic acids is 2. The molecule has 3 nitrogen and oxygen atoms in total. The molecule has 0 radical (unpaired) electrons. The van der Waals surface area contributed by atoms with Gasteiger partial charge in [0.1, 0.15) is 0 Å².